The summed E-state index contributed by atoms with van der Waals surface area (Å²) >= 11 is 3.15. The first-order valence-corrected chi connectivity index (χ1v) is 6.92. The molecule has 1 aromatic rings. The first-order chi connectivity index (χ1) is 9.32. The van der Waals surface area contributed by atoms with E-state index < -0.39 is 11.7 Å². The number of amides is 2. The molecule has 0 unspecified atom stereocenters. The molecule has 0 aliphatic carbocycles. The molecule has 20 heavy (non-hydrogen) atoms. The molecular weight excluding hydrogens is 329 g/mol. The van der Waals surface area contributed by atoms with Gasteiger partial charge in [-0.15, -0.1) is 0 Å². The Balaban J connectivity index is 2.68. The SMILES string of the molecule is CC(C)C(=O)NCCNc1cc(Br)cc(F)c1C(N)=O. The van der Waals surface area contributed by atoms with Crippen molar-refractivity contribution in [2.24, 2.45) is 11.7 Å². The fraction of sp³-hybridized carbons (Fsp3) is 0.385. The van der Waals surface area contributed by atoms with Crippen LogP contribution in [0.4, 0.5) is 10.1 Å². The van der Waals surface area contributed by atoms with Gasteiger partial charge in [-0.2, -0.15) is 0 Å². The molecule has 0 aliphatic rings. The number of anilines is 1. The van der Waals surface area contributed by atoms with Crippen molar-refractivity contribution >= 4 is 33.4 Å². The minimum atomic E-state index is -0.844. The highest BCUT2D eigenvalue weighted by atomic mass is 79.9. The second kappa shape index (κ2) is 7.23. The van der Waals surface area contributed by atoms with Crippen molar-refractivity contribution in [2.45, 2.75) is 13.8 Å². The summed E-state index contributed by atoms with van der Waals surface area (Å²) in [6.45, 7) is 4.30. The van der Waals surface area contributed by atoms with Crippen LogP contribution in [0.1, 0.15) is 24.2 Å². The van der Waals surface area contributed by atoms with Crippen molar-refractivity contribution in [1.82, 2.24) is 5.32 Å². The predicted octanol–water partition coefficient (Wildman–Crippen LogP) is 1.87. The molecule has 5 nitrogen and oxygen atoms in total. The van der Waals surface area contributed by atoms with Crippen LogP contribution < -0.4 is 16.4 Å². The van der Waals surface area contributed by atoms with Gasteiger partial charge in [0.1, 0.15) is 5.82 Å². The lowest BCUT2D eigenvalue weighted by atomic mass is 10.1. The van der Waals surface area contributed by atoms with Gasteiger partial charge in [0.05, 0.1) is 11.3 Å². The highest BCUT2D eigenvalue weighted by molar-refractivity contribution is 9.10. The number of nitrogens with one attached hydrogen (secondary N) is 2. The van der Waals surface area contributed by atoms with Crippen LogP contribution in [0.25, 0.3) is 0 Å². The standard InChI is InChI=1S/C13H17BrFN3O2/c1-7(2)13(20)18-4-3-17-10-6-8(14)5-9(15)11(10)12(16)19/h5-7,17H,3-4H2,1-2H3,(H2,16,19)(H,18,20). The van der Waals surface area contributed by atoms with E-state index in [-0.39, 0.29) is 17.4 Å². The van der Waals surface area contributed by atoms with E-state index in [1.54, 1.807) is 19.9 Å². The van der Waals surface area contributed by atoms with Crippen LogP contribution in [0.2, 0.25) is 0 Å². The van der Waals surface area contributed by atoms with Gasteiger partial charge in [0.15, 0.2) is 0 Å². The maximum atomic E-state index is 13.7. The van der Waals surface area contributed by atoms with Crippen molar-refractivity contribution < 1.29 is 14.0 Å². The Kier molecular flexibility index (Phi) is 5.94. The van der Waals surface area contributed by atoms with Gasteiger partial charge in [0, 0.05) is 23.5 Å². The second-order valence-corrected chi connectivity index (χ2v) is 5.46. The van der Waals surface area contributed by atoms with E-state index >= 15 is 0 Å². The Labute approximate surface area is 125 Å². The van der Waals surface area contributed by atoms with Crippen molar-refractivity contribution in [2.75, 3.05) is 18.4 Å². The molecule has 0 atom stereocenters. The molecule has 2 amide bonds. The average Bonchev–Trinajstić information content (AvgIpc) is 2.32. The number of halogens is 2. The molecule has 0 saturated carbocycles. The van der Waals surface area contributed by atoms with Crippen LogP contribution in [0.15, 0.2) is 16.6 Å². The molecule has 0 aromatic heterocycles. The predicted molar refractivity (Wildman–Crippen MR) is 79.0 cm³/mol. The molecule has 0 spiro atoms. The lowest BCUT2D eigenvalue weighted by molar-refractivity contribution is -0.123. The molecule has 1 rings (SSSR count). The van der Waals surface area contributed by atoms with Crippen LogP contribution in [0.5, 0.6) is 0 Å². The van der Waals surface area contributed by atoms with Crippen LogP contribution in [-0.4, -0.2) is 24.9 Å². The summed E-state index contributed by atoms with van der Waals surface area (Å²) in [4.78, 5) is 22.6. The van der Waals surface area contributed by atoms with Crippen LogP contribution >= 0.6 is 15.9 Å². The molecule has 0 saturated heterocycles. The number of hydrogen-bond acceptors (Lipinski definition) is 3. The Morgan fingerprint density at radius 3 is 2.55 bits per heavy atom. The summed E-state index contributed by atoms with van der Waals surface area (Å²) in [5.41, 5.74) is 5.26. The lowest BCUT2D eigenvalue weighted by Crippen LogP contribution is -2.32. The van der Waals surface area contributed by atoms with Gasteiger partial charge < -0.3 is 16.4 Å². The molecule has 4 N–H and O–H groups in total. The summed E-state index contributed by atoms with van der Waals surface area (Å²) in [6, 6.07) is 2.74. The summed E-state index contributed by atoms with van der Waals surface area (Å²) in [5, 5.41) is 5.59. The fourth-order valence-electron chi connectivity index (χ4n) is 1.55. The van der Waals surface area contributed by atoms with E-state index in [1.165, 1.54) is 6.07 Å². The Bertz CT molecular complexity index is 521. The molecule has 0 heterocycles. The van der Waals surface area contributed by atoms with Gasteiger partial charge >= 0.3 is 0 Å². The summed E-state index contributed by atoms with van der Waals surface area (Å²) in [5.74, 6) is -1.70. The Hall–Kier alpha value is -1.63. The zero-order valence-electron chi connectivity index (χ0n) is 11.3. The minimum absolute atomic E-state index is 0.0673. The van der Waals surface area contributed by atoms with E-state index in [4.69, 9.17) is 5.73 Å². The monoisotopic (exact) mass is 345 g/mol. The first-order valence-electron chi connectivity index (χ1n) is 6.13. The largest absolute Gasteiger partial charge is 0.383 e. The van der Waals surface area contributed by atoms with Crippen molar-refractivity contribution in [3.05, 3.63) is 28.0 Å². The number of rotatable bonds is 6. The minimum Gasteiger partial charge on any atom is -0.383 e. The second-order valence-electron chi connectivity index (χ2n) is 4.55. The third-order valence-electron chi connectivity index (χ3n) is 2.57. The van der Waals surface area contributed by atoms with Gasteiger partial charge in [0.25, 0.3) is 5.91 Å². The molecule has 0 radical (unpaired) electrons. The number of carbonyl (C=O) groups excluding carboxylic acids is 2. The quantitative estimate of drug-likeness (QED) is 0.688. The number of primary amides is 1. The van der Waals surface area contributed by atoms with Gasteiger partial charge in [-0.05, 0) is 12.1 Å². The molecule has 7 heteroatoms. The summed E-state index contributed by atoms with van der Waals surface area (Å²) < 4.78 is 14.2. The first kappa shape index (κ1) is 16.4. The zero-order chi connectivity index (χ0) is 15.3. The van der Waals surface area contributed by atoms with Crippen LogP contribution in [-0.2, 0) is 4.79 Å². The van der Waals surface area contributed by atoms with Crippen molar-refractivity contribution in [3.63, 3.8) is 0 Å². The van der Waals surface area contributed by atoms with Crippen LogP contribution in [0, 0.1) is 11.7 Å². The third-order valence-corrected chi connectivity index (χ3v) is 3.02. The van der Waals surface area contributed by atoms with Gasteiger partial charge in [0.2, 0.25) is 5.91 Å². The van der Waals surface area contributed by atoms with E-state index in [9.17, 15) is 14.0 Å². The maximum Gasteiger partial charge on any atom is 0.253 e. The molecule has 110 valence electrons. The Morgan fingerprint density at radius 1 is 1.35 bits per heavy atom. The molecule has 0 aliphatic heterocycles. The van der Waals surface area contributed by atoms with Gasteiger partial charge in [-0.3, -0.25) is 9.59 Å². The van der Waals surface area contributed by atoms with Gasteiger partial charge in [-0.1, -0.05) is 29.8 Å². The van der Waals surface area contributed by atoms with Crippen LogP contribution in [0.3, 0.4) is 0 Å². The zero-order valence-corrected chi connectivity index (χ0v) is 12.9. The van der Waals surface area contributed by atoms with E-state index in [0.29, 0.717) is 23.2 Å². The third kappa shape index (κ3) is 4.48. The number of carbonyl (C=O) groups is 2. The molecule has 0 fully saturated rings. The lowest BCUT2D eigenvalue weighted by Gasteiger charge is -2.13. The number of hydrogen-bond donors (Lipinski definition) is 3. The summed E-state index contributed by atoms with van der Waals surface area (Å²) in [6.07, 6.45) is 0. The number of benzene rings is 1. The maximum absolute atomic E-state index is 13.7. The highest BCUT2D eigenvalue weighted by Crippen LogP contribution is 2.24. The van der Waals surface area contributed by atoms with Gasteiger partial charge in [-0.25, -0.2) is 4.39 Å². The molecular formula is C13H17BrFN3O2. The summed E-state index contributed by atoms with van der Waals surface area (Å²) in [7, 11) is 0. The van der Waals surface area contributed by atoms with E-state index in [2.05, 4.69) is 26.6 Å². The van der Waals surface area contributed by atoms with Crippen molar-refractivity contribution in [1.29, 1.82) is 0 Å². The topological polar surface area (TPSA) is 84.2 Å². The van der Waals surface area contributed by atoms with E-state index in [1.807, 2.05) is 0 Å². The molecule has 1 aromatic carbocycles. The molecule has 0 bridgehead atoms. The smallest absolute Gasteiger partial charge is 0.253 e. The average molecular weight is 346 g/mol. The van der Waals surface area contributed by atoms with E-state index in [0.717, 1.165) is 0 Å². The Morgan fingerprint density at radius 2 is 2.00 bits per heavy atom. The highest BCUT2D eigenvalue weighted by Gasteiger charge is 2.15. The normalized spacial score (nSPS) is 10.4. The number of nitrogens with two attached hydrogens (primary N) is 1. The fourth-order valence-corrected chi connectivity index (χ4v) is 1.98. The van der Waals surface area contributed by atoms with Crippen molar-refractivity contribution in [3.8, 4) is 0 Å².